The van der Waals surface area contributed by atoms with E-state index in [0.29, 0.717) is 48.6 Å². The number of rotatable bonds is 4. The van der Waals surface area contributed by atoms with Crippen molar-refractivity contribution >= 4 is 28.9 Å². The zero-order chi connectivity index (χ0) is 18.5. The Kier molecular flexibility index (Phi) is 5.62. The number of para-hydroxylation sites is 1. The van der Waals surface area contributed by atoms with Gasteiger partial charge in [0.1, 0.15) is 0 Å². The summed E-state index contributed by atoms with van der Waals surface area (Å²) < 4.78 is 15.9. The molecular weight excluding hydrogens is 354 g/mol. The Bertz CT molecular complexity index is 771. The molecule has 0 saturated carbocycles. The topological polar surface area (TPSA) is 67.2 Å². The van der Waals surface area contributed by atoms with Gasteiger partial charge in [-0.25, -0.2) is 0 Å². The highest BCUT2D eigenvalue weighted by Crippen LogP contribution is 2.34. The summed E-state index contributed by atoms with van der Waals surface area (Å²) >= 11 is 5.52. The minimum absolute atomic E-state index is 0.0945. The highest BCUT2D eigenvalue weighted by atomic mass is 32.1. The molecule has 0 atom stereocenters. The number of hydrogen-bond donors (Lipinski definition) is 1. The highest BCUT2D eigenvalue weighted by Gasteiger charge is 2.25. The van der Waals surface area contributed by atoms with Crippen molar-refractivity contribution < 1.29 is 18.7 Å². The first-order valence-electron chi connectivity index (χ1n) is 8.23. The Labute approximate surface area is 157 Å². The van der Waals surface area contributed by atoms with Crippen LogP contribution in [0.15, 0.2) is 41.0 Å². The lowest BCUT2D eigenvalue weighted by Crippen LogP contribution is -2.51. The fourth-order valence-corrected chi connectivity index (χ4v) is 3.14. The van der Waals surface area contributed by atoms with Crippen LogP contribution < -0.4 is 14.8 Å². The van der Waals surface area contributed by atoms with Gasteiger partial charge < -0.3 is 29.0 Å². The number of thiocarbonyl (C=S) groups is 1. The van der Waals surface area contributed by atoms with Crippen molar-refractivity contribution in [3.8, 4) is 11.5 Å². The largest absolute Gasteiger partial charge is 0.493 e. The van der Waals surface area contributed by atoms with Gasteiger partial charge in [-0.15, -0.1) is 0 Å². The molecule has 1 N–H and O–H groups in total. The molecule has 1 fully saturated rings. The second-order valence-corrected chi connectivity index (χ2v) is 6.11. The molecule has 1 amide bonds. The molecule has 1 aromatic heterocycles. The van der Waals surface area contributed by atoms with E-state index in [1.54, 1.807) is 31.3 Å². The van der Waals surface area contributed by atoms with Crippen molar-refractivity contribution in [3.05, 3.63) is 42.4 Å². The maximum absolute atomic E-state index is 12.3. The standard InChI is InChI=1S/C18H21N3O4S/c1-23-14-6-3-5-13(16(14)24-2)19-18(26)21-10-8-20(9-11-21)17(22)15-7-4-12-25-15/h3-7,12H,8-11H2,1-2H3,(H,19,26). The predicted octanol–water partition coefficient (Wildman–Crippen LogP) is 2.45. The monoisotopic (exact) mass is 375 g/mol. The Morgan fingerprint density at radius 3 is 2.42 bits per heavy atom. The van der Waals surface area contributed by atoms with Crippen LogP contribution >= 0.6 is 12.2 Å². The first-order chi connectivity index (χ1) is 12.6. The molecular formula is C18H21N3O4S. The SMILES string of the molecule is COc1cccc(NC(=S)N2CCN(C(=O)c3ccco3)CC2)c1OC. The fraction of sp³-hybridized carbons (Fsp3) is 0.333. The third-order valence-electron chi connectivity index (χ3n) is 4.23. The van der Waals surface area contributed by atoms with E-state index in [4.69, 9.17) is 26.1 Å². The molecule has 2 aromatic rings. The average Bonchev–Trinajstić information content (AvgIpc) is 3.22. The van der Waals surface area contributed by atoms with Crippen molar-refractivity contribution in [2.75, 3.05) is 45.7 Å². The van der Waals surface area contributed by atoms with E-state index in [1.807, 2.05) is 23.1 Å². The summed E-state index contributed by atoms with van der Waals surface area (Å²) in [5.74, 6) is 1.50. The van der Waals surface area contributed by atoms with Crippen molar-refractivity contribution in [2.24, 2.45) is 0 Å². The van der Waals surface area contributed by atoms with Crippen molar-refractivity contribution in [1.82, 2.24) is 9.80 Å². The Morgan fingerprint density at radius 2 is 1.81 bits per heavy atom. The maximum atomic E-state index is 12.3. The van der Waals surface area contributed by atoms with Gasteiger partial charge in [-0.05, 0) is 36.5 Å². The Balaban J connectivity index is 1.60. The zero-order valence-electron chi connectivity index (χ0n) is 14.7. The molecule has 1 saturated heterocycles. The molecule has 2 heterocycles. The van der Waals surface area contributed by atoms with E-state index in [0.717, 1.165) is 5.69 Å². The summed E-state index contributed by atoms with van der Waals surface area (Å²) in [5.41, 5.74) is 0.742. The fourth-order valence-electron chi connectivity index (χ4n) is 2.85. The lowest BCUT2D eigenvalue weighted by atomic mass is 10.2. The van der Waals surface area contributed by atoms with Crippen molar-refractivity contribution in [3.63, 3.8) is 0 Å². The molecule has 0 radical (unpaired) electrons. The van der Waals surface area contributed by atoms with Gasteiger partial charge in [0.15, 0.2) is 22.4 Å². The summed E-state index contributed by atoms with van der Waals surface area (Å²) in [5, 5.41) is 3.79. The number of nitrogens with zero attached hydrogens (tertiary/aromatic N) is 2. The predicted molar refractivity (Wildman–Crippen MR) is 102 cm³/mol. The quantitative estimate of drug-likeness (QED) is 0.824. The Morgan fingerprint density at radius 1 is 1.08 bits per heavy atom. The number of ether oxygens (including phenoxy) is 2. The van der Waals surface area contributed by atoms with E-state index in [1.165, 1.54) is 6.26 Å². The molecule has 0 spiro atoms. The van der Waals surface area contributed by atoms with Crippen LogP contribution in [0, 0.1) is 0 Å². The smallest absolute Gasteiger partial charge is 0.289 e. The molecule has 0 unspecified atom stereocenters. The number of piperazine rings is 1. The number of benzene rings is 1. The van der Waals surface area contributed by atoms with E-state index >= 15 is 0 Å². The van der Waals surface area contributed by atoms with Crippen molar-refractivity contribution in [2.45, 2.75) is 0 Å². The van der Waals surface area contributed by atoms with E-state index in [2.05, 4.69) is 5.32 Å². The minimum Gasteiger partial charge on any atom is -0.493 e. The van der Waals surface area contributed by atoms with Crippen molar-refractivity contribution in [1.29, 1.82) is 0 Å². The van der Waals surface area contributed by atoms with Crippen LogP contribution in [0.4, 0.5) is 5.69 Å². The summed E-state index contributed by atoms with van der Waals surface area (Å²) in [6.45, 7) is 2.45. The van der Waals surface area contributed by atoms with Gasteiger partial charge in [0.2, 0.25) is 0 Å². The number of amides is 1. The number of hydrogen-bond acceptors (Lipinski definition) is 5. The van der Waals surface area contributed by atoms with Crippen LogP contribution in [0.3, 0.4) is 0 Å². The van der Waals surface area contributed by atoms with Gasteiger partial charge in [0.05, 0.1) is 26.2 Å². The van der Waals surface area contributed by atoms with E-state index in [-0.39, 0.29) is 5.91 Å². The number of carbonyl (C=O) groups excluding carboxylic acids is 1. The van der Waals surface area contributed by atoms with Gasteiger partial charge in [-0.2, -0.15) is 0 Å². The summed E-state index contributed by atoms with van der Waals surface area (Å²) in [6.07, 6.45) is 1.50. The summed E-state index contributed by atoms with van der Waals surface area (Å²) in [4.78, 5) is 16.1. The molecule has 8 heteroatoms. The molecule has 3 rings (SSSR count). The minimum atomic E-state index is -0.0945. The number of anilines is 1. The van der Waals surface area contributed by atoms with E-state index < -0.39 is 0 Å². The zero-order valence-corrected chi connectivity index (χ0v) is 15.5. The molecule has 1 aliphatic rings. The highest BCUT2D eigenvalue weighted by molar-refractivity contribution is 7.80. The lowest BCUT2D eigenvalue weighted by molar-refractivity contribution is 0.0661. The first-order valence-corrected chi connectivity index (χ1v) is 8.64. The van der Waals surface area contributed by atoms with Gasteiger partial charge in [-0.1, -0.05) is 6.07 Å². The van der Waals surface area contributed by atoms with Gasteiger partial charge >= 0.3 is 0 Å². The average molecular weight is 375 g/mol. The van der Waals surface area contributed by atoms with Crippen LogP contribution in [0.2, 0.25) is 0 Å². The molecule has 1 aromatic carbocycles. The molecule has 138 valence electrons. The van der Waals surface area contributed by atoms with E-state index in [9.17, 15) is 4.79 Å². The molecule has 7 nitrogen and oxygen atoms in total. The lowest BCUT2D eigenvalue weighted by Gasteiger charge is -2.36. The number of carbonyl (C=O) groups is 1. The van der Waals surface area contributed by atoms with Gasteiger partial charge in [0, 0.05) is 26.2 Å². The normalized spacial score (nSPS) is 14.1. The number of furan rings is 1. The van der Waals surface area contributed by atoms with Crippen LogP contribution in [-0.4, -0.2) is 61.2 Å². The van der Waals surface area contributed by atoms with Crippen LogP contribution in [0.25, 0.3) is 0 Å². The number of methoxy groups -OCH3 is 2. The Hall–Kier alpha value is -2.74. The first kappa shape index (κ1) is 18.1. The third kappa shape index (κ3) is 3.75. The second kappa shape index (κ2) is 8.09. The molecule has 26 heavy (non-hydrogen) atoms. The maximum Gasteiger partial charge on any atom is 0.289 e. The van der Waals surface area contributed by atoms with Gasteiger partial charge in [-0.3, -0.25) is 4.79 Å². The third-order valence-corrected chi connectivity index (χ3v) is 4.59. The summed E-state index contributed by atoms with van der Waals surface area (Å²) in [6, 6.07) is 8.96. The number of nitrogens with one attached hydrogen (secondary N) is 1. The second-order valence-electron chi connectivity index (χ2n) is 5.73. The van der Waals surface area contributed by atoms with Crippen LogP contribution in [0.1, 0.15) is 10.6 Å². The van der Waals surface area contributed by atoms with Gasteiger partial charge in [0.25, 0.3) is 5.91 Å². The molecule has 0 aliphatic carbocycles. The summed E-state index contributed by atoms with van der Waals surface area (Å²) in [7, 11) is 3.18. The molecule has 1 aliphatic heterocycles. The molecule has 0 bridgehead atoms. The van der Waals surface area contributed by atoms with Crippen LogP contribution in [-0.2, 0) is 0 Å². The van der Waals surface area contributed by atoms with Crippen LogP contribution in [0.5, 0.6) is 11.5 Å².